The van der Waals surface area contributed by atoms with E-state index in [1.165, 1.54) is 6.07 Å². The summed E-state index contributed by atoms with van der Waals surface area (Å²) < 4.78 is 15.2. The summed E-state index contributed by atoms with van der Waals surface area (Å²) in [4.78, 5) is 0. The number of aryl methyl sites for hydroxylation is 1. The van der Waals surface area contributed by atoms with Crippen molar-refractivity contribution in [2.45, 2.75) is 26.3 Å². The van der Waals surface area contributed by atoms with Gasteiger partial charge in [0, 0.05) is 25.4 Å². The third-order valence-corrected chi connectivity index (χ3v) is 3.13. The zero-order chi connectivity index (χ0) is 14.0. The van der Waals surface area contributed by atoms with Gasteiger partial charge in [0.25, 0.3) is 0 Å². The average Bonchev–Trinajstić information content (AvgIpc) is 2.72. The van der Waals surface area contributed by atoms with Gasteiger partial charge in [-0.25, -0.2) is 4.39 Å². The minimum absolute atomic E-state index is 0.205. The maximum atomic E-state index is 13.4. The minimum Gasteiger partial charge on any atom is -0.316 e. The molecule has 1 aromatic carbocycles. The Bertz CT molecular complexity index is 573. The number of nitrogens with zero attached hydrogens (tertiary/aromatic N) is 2. The number of hydrogen-bond donors (Lipinski definition) is 1. The van der Waals surface area contributed by atoms with Gasteiger partial charge in [-0.1, -0.05) is 19.9 Å². The third kappa shape index (κ3) is 2.84. The van der Waals surface area contributed by atoms with E-state index in [0.717, 1.165) is 22.4 Å². The van der Waals surface area contributed by atoms with Crippen LogP contribution < -0.4 is 5.32 Å². The van der Waals surface area contributed by atoms with E-state index in [1.54, 1.807) is 6.07 Å². The topological polar surface area (TPSA) is 29.9 Å². The molecule has 3 nitrogen and oxygen atoms in total. The van der Waals surface area contributed by atoms with Crippen molar-refractivity contribution in [3.8, 4) is 11.1 Å². The van der Waals surface area contributed by atoms with E-state index < -0.39 is 0 Å². The van der Waals surface area contributed by atoms with Crippen LogP contribution in [0.4, 0.5) is 4.39 Å². The Hall–Kier alpha value is -1.68. The molecular formula is C15H20FN3. The average molecular weight is 261 g/mol. The van der Waals surface area contributed by atoms with Gasteiger partial charge in [0.2, 0.25) is 0 Å². The van der Waals surface area contributed by atoms with Crippen LogP contribution in [0.3, 0.4) is 0 Å². The van der Waals surface area contributed by atoms with Crippen LogP contribution in [-0.2, 0) is 13.6 Å². The van der Waals surface area contributed by atoms with E-state index in [-0.39, 0.29) is 5.82 Å². The number of rotatable bonds is 4. The van der Waals surface area contributed by atoms with Gasteiger partial charge in [-0.15, -0.1) is 0 Å². The molecule has 0 saturated heterocycles. The Kier molecular flexibility index (Phi) is 4.00. The van der Waals surface area contributed by atoms with Crippen molar-refractivity contribution in [1.82, 2.24) is 15.1 Å². The number of benzene rings is 1. The number of aromatic nitrogens is 2. The molecule has 1 heterocycles. The van der Waals surface area contributed by atoms with E-state index in [0.29, 0.717) is 12.5 Å². The van der Waals surface area contributed by atoms with Gasteiger partial charge in [-0.2, -0.15) is 5.10 Å². The maximum absolute atomic E-state index is 13.4. The van der Waals surface area contributed by atoms with Gasteiger partial charge in [-0.3, -0.25) is 4.68 Å². The second-order valence-corrected chi connectivity index (χ2v) is 5.09. The molecule has 0 unspecified atom stereocenters. The number of halogens is 1. The first-order chi connectivity index (χ1) is 9.02. The van der Waals surface area contributed by atoms with E-state index in [9.17, 15) is 4.39 Å². The Morgan fingerprint density at radius 1 is 1.32 bits per heavy atom. The summed E-state index contributed by atoms with van der Waals surface area (Å²) >= 11 is 0. The molecule has 0 bridgehead atoms. The molecule has 0 atom stereocenters. The first-order valence-corrected chi connectivity index (χ1v) is 6.50. The van der Waals surface area contributed by atoms with Crippen molar-refractivity contribution in [2.75, 3.05) is 7.05 Å². The summed E-state index contributed by atoms with van der Waals surface area (Å²) in [6, 6.07) is 4.93. The summed E-state index contributed by atoms with van der Waals surface area (Å²) in [5.74, 6) is 0.132. The predicted molar refractivity (Wildman–Crippen MR) is 75.5 cm³/mol. The maximum Gasteiger partial charge on any atom is 0.123 e. The molecule has 0 aliphatic heterocycles. The van der Waals surface area contributed by atoms with E-state index in [2.05, 4.69) is 24.3 Å². The fourth-order valence-electron chi connectivity index (χ4n) is 2.30. The molecule has 0 fully saturated rings. The van der Waals surface area contributed by atoms with E-state index in [4.69, 9.17) is 0 Å². The zero-order valence-electron chi connectivity index (χ0n) is 11.9. The lowest BCUT2D eigenvalue weighted by Crippen LogP contribution is -2.07. The molecule has 2 aromatic rings. The molecule has 102 valence electrons. The van der Waals surface area contributed by atoms with E-state index in [1.807, 2.05) is 31.0 Å². The Labute approximate surface area is 113 Å². The zero-order valence-corrected chi connectivity index (χ0v) is 11.9. The van der Waals surface area contributed by atoms with Crippen molar-refractivity contribution in [2.24, 2.45) is 7.05 Å². The van der Waals surface area contributed by atoms with Crippen LogP contribution in [0.15, 0.2) is 24.4 Å². The quantitative estimate of drug-likeness (QED) is 0.916. The van der Waals surface area contributed by atoms with Crippen LogP contribution in [0.1, 0.15) is 31.0 Å². The minimum atomic E-state index is -0.205. The van der Waals surface area contributed by atoms with Crippen molar-refractivity contribution in [3.05, 3.63) is 41.5 Å². The molecule has 19 heavy (non-hydrogen) atoms. The van der Waals surface area contributed by atoms with Crippen LogP contribution in [0.25, 0.3) is 11.1 Å². The SMILES string of the molecule is CNCc1cc(F)ccc1-c1cn(C)nc1C(C)C. The molecule has 0 aliphatic rings. The lowest BCUT2D eigenvalue weighted by molar-refractivity contribution is 0.624. The first-order valence-electron chi connectivity index (χ1n) is 6.50. The smallest absolute Gasteiger partial charge is 0.123 e. The molecule has 1 N–H and O–H groups in total. The lowest BCUT2D eigenvalue weighted by atomic mass is 9.96. The fraction of sp³-hybridized carbons (Fsp3) is 0.400. The Morgan fingerprint density at radius 3 is 2.68 bits per heavy atom. The molecule has 1 aromatic heterocycles. The second kappa shape index (κ2) is 5.53. The summed E-state index contributed by atoms with van der Waals surface area (Å²) in [5.41, 5.74) is 4.14. The molecule has 2 rings (SSSR count). The molecule has 0 amide bonds. The summed E-state index contributed by atoms with van der Waals surface area (Å²) in [7, 11) is 3.78. The molecule has 0 radical (unpaired) electrons. The van der Waals surface area contributed by atoms with Gasteiger partial charge in [0.15, 0.2) is 0 Å². The fourth-order valence-corrected chi connectivity index (χ4v) is 2.30. The van der Waals surface area contributed by atoms with Crippen molar-refractivity contribution < 1.29 is 4.39 Å². The monoisotopic (exact) mass is 261 g/mol. The summed E-state index contributed by atoms with van der Waals surface area (Å²) in [6.45, 7) is 4.87. The lowest BCUT2D eigenvalue weighted by Gasteiger charge is -2.11. The normalized spacial score (nSPS) is 11.3. The van der Waals surface area contributed by atoms with Crippen molar-refractivity contribution in [3.63, 3.8) is 0 Å². The molecule has 4 heteroatoms. The van der Waals surface area contributed by atoms with Crippen LogP contribution in [0, 0.1) is 5.82 Å². The highest BCUT2D eigenvalue weighted by atomic mass is 19.1. The third-order valence-electron chi connectivity index (χ3n) is 3.13. The molecule has 0 aliphatic carbocycles. The standard InChI is InChI=1S/C15H20FN3/c1-10(2)15-14(9-19(4)18-15)13-6-5-12(16)7-11(13)8-17-3/h5-7,9-10,17H,8H2,1-4H3. The highest BCUT2D eigenvalue weighted by Crippen LogP contribution is 2.31. The predicted octanol–water partition coefficient (Wildman–Crippen LogP) is 3.07. The van der Waals surface area contributed by atoms with Crippen molar-refractivity contribution in [1.29, 1.82) is 0 Å². The van der Waals surface area contributed by atoms with E-state index >= 15 is 0 Å². The van der Waals surface area contributed by atoms with Gasteiger partial charge >= 0.3 is 0 Å². The number of nitrogens with one attached hydrogen (secondary N) is 1. The van der Waals surface area contributed by atoms with Crippen molar-refractivity contribution >= 4 is 0 Å². The van der Waals surface area contributed by atoms with Gasteiger partial charge in [-0.05, 0) is 36.2 Å². The number of hydrogen-bond acceptors (Lipinski definition) is 2. The summed E-state index contributed by atoms with van der Waals surface area (Å²) in [6.07, 6.45) is 2.00. The van der Waals surface area contributed by atoms with Crippen LogP contribution in [0.5, 0.6) is 0 Å². The Balaban J connectivity index is 2.58. The van der Waals surface area contributed by atoms with Gasteiger partial charge < -0.3 is 5.32 Å². The van der Waals surface area contributed by atoms with Crippen LogP contribution in [0.2, 0.25) is 0 Å². The highest BCUT2D eigenvalue weighted by molar-refractivity contribution is 5.69. The van der Waals surface area contributed by atoms with Crippen LogP contribution >= 0.6 is 0 Å². The van der Waals surface area contributed by atoms with Gasteiger partial charge in [0.05, 0.1) is 5.69 Å². The largest absolute Gasteiger partial charge is 0.316 e. The second-order valence-electron chi connectivity index (χ2n) is 5.09. The highest BCUT2D eigenvalue weighted by Gasteiger charge is 2.16. The van der Waals surface area contributed by atoms with Crippen LogP contribution in [-0.4, -0.2) is 16.8 Å². The Morgan fingerprint density at radius 2 is 2.05 bits per heavy atom. The summed E-state index contributed by atoms with van der Waals surface area (Å²) in [5, 5.41) is 7.60. The first kappa shape index (κ1) is 13.7. The molecule has 0 spiro atoms. The molecule has 0 saturated carbocycles. The van der Waals surface area contributed by atoms with Gasteiger partial charge in [0.1, 0.15) is 5.82 Å². The molecular weight excluding hydrogens is 241 g/mol.